The van der Waals surface area contributed by atoms with Crippen molar-refractivity contribution in [1.82, 2.24) is 4.98 Å². The van der Waals surface area contributed by atoms with Gasteiger partial charge >= 0.3 is 0 Å². The van der Waals surface area contributed by atoms with Crippen molar-refractivity contribution in [1.29, 1.82) is 10.8 Å². The van der Waals surface area contributed by atoms with Crippen molar-refractivity contribution >= 4 is 28.9 Å². The molecule has 0 saturated carbocycles. The number of pyridine rings is 1. The minimum absolute atomic E-state index is 0. The molecule has 0 fully saturated rings. The molecule has 0 bridgehead atoms. The summed E-state index contributed by atoms with van der Waals surface area (Å²) in [5.41, 5.74) is 5.60. The predicted molar refractivity (Wildman–Crippen MR) is 146 cm³/mol. The monoisotopic (exact) mass is 451 g/mol. The number of aromatic nitrogens is 1. The molecular weight excluding hydrogens is 418 g/mol. The zero-order valence-corrected chi connectivity index (χ0v) is 19.5. The first-order chi connectivity index (χ1) is 16.6. The van der Waals surface area contributed by atoms with E-state index < -0.39 is 0 Å². The minimum atomic E-state index is 0. The van der Waals surface area contributed by atoms with Gasteiger partial charge in [0.2, 0.25) is 0 Å². The van der Waals surface area contributed by atoms with E-state index >= 15 is 0 Å². The zero-order valence-electron chi connectivity index (χ0n) is 19.5. The molecule has 0 saturated heterocycles. The van der Waals surface area contributed by atoms with Crippen LogP contribution in [-0.2, 0) is 6.42 Å². The third-order valence-electron chi connectivity index (χ3n) is 5.62. The summed E-state index contributed by atoms with van der Waals surface area (Å²) >= 11 is 0. The predicted octanol–water partition coefficient (Wildman–Crippen LogP) is 7.44. The van der Waals surface area contributed by atoms with Crippen LogP contribution in [0.15, 0.2) is 97.2 Å². The molecule has 174 valence electrons. The van der Waals surface area contributed by atoms with Gasteiger partial charge < -0.3 is 5.32 Å². The minimum Gasteiger partial charge on any atom is -0.338 e. The maximum Gasteiger partial charge on any atom is 0.154 e. The van der Waals surface area contributed by atoms with Crippen LogP contribution in [0.2, 0.25) is 0 Å². The van der Waals surface area contributed by atoms with Crippen LogP contribution in [0.4, 0.5) is 17.2 Å². The third kappa shape index (κ3) is 5.04. The molecule has 0 amide bonds. The van der Waals surface area contributed by atoms with Crippen LogP contribution in [-0.4, -0.2) is 16.7 Å². The highest BCUT2D eigenvalue weighted by Crippen LogP contribution is 2.34. The third-order valence-corrected chi connectivity index (χ3v) is 5.62. The van der Waals surface area contributed by atoms with Gasteiger partial charge in [-0.05, 0) is 43.2 Å². The number of aryl methyl sites for hydroxylation is 2. The number of nitrogens with one attached hydrogen (secondary N) is 3. The lowest BCUT2D eigenvalue weighted by molar-refractivity contribution is 0.922. The molecule has 0 radical (unpaired) electrons. The van der Waals surface area contributed by atoms with E-state index in [-0.39, 0.29) is 14.5 Å². The van der Waals surface area contributed by atoms with Crippen molar-refractivity contribution in [2.75, 3.05) is 10.2 Å². The van der Waals surface area contributed by atoms with Gasteiger partial charge in [0.05, 0.1) is 11.4 Å². The highest BCUT2D eigenvalue weighted by Gasteiger charge is 2.28. The summed E-state index contributed by atoms with van der Waals surface area (Å²) in [5.74, 6) is 1.16. The van der Waals surface area contributed by atoms with Gasteiger partial charge in [-0.3, -0.25) is 15.7 Å². The van der Waals surface area contributed by atoms with Crippen LogP contribution in [0.3, 0.4) is 0 Å². The van der Waals surface area contributed by atoms with Crippen LogP contribution in [0.5, 0.6) is 0 Å². The Kier molecular flexibility index (Phi) is 7.13. The lowest BCUT2D eigenvalue weighted by Crippen LogP contribution is -2.36. The molecular formula is C29H33N5. The number of anilines is 3. The molecule has 4 aromatic rings. The molecule has 1 aromatic heterocycles. The largest absolute Gasteiger partial charge is 0.338 e. The smallest absolute Gasteiger partial charge is 0.154 e. The van der Waals surface area contributed by atoms with E-state index in [0.717, 1.165) is 29.7 Å². The first-order valence-electron chi connectivity index (χ1n) is 11.5. The quantitative estimate of drug-likeness (QED) is 0.224. The van der Waals surface area contributed by atoms with Crippen LogP contribution in [0, 0.1) is 17.7 Å². The summed E-state index contributed by atoms with van der Waals surface area (Å²) < 4.78 is 0. The van der Waals surface area contributed by atoms with Crippen molar-refractivity contribution < 1.29 is 2.85 Å². The standard InChI is InChI=1S/C22H21N5.C7H8.2H2/c1-2-6-15-10-12-16(13-11-15)20(23)27-19-9-5-14-25-22(19)26-18-8-4-3-7-17(18)21(27)24;1-7-5-3-2-4-6-7;;/h3-5,7-14,23-24H,2,6H2,1H3,(H,25,26);2-6H,1H3;2*1H. The molecule has 3 aromatic carbocycles. The Labute approximate surface area is 204 Å². The molecule has 5 rings (SSSR count). The molecule has 2 heterocycles. The van der Waals surface area contributed by atoms with Gasteiger partial charge in [-0.1, -0.05) is 85.6 Å². The lowest BCUT2D eigenvalue weighted by Gasteiger charge is -2.25. The normalized spacial score (nSPS) is 11.8. The second-order valence-corrected chi connectivity index (χ2v) is 8.18. The summed E-state index contributed by atoms with van der Waals surface area (Å²) in [5, 5.41) is 20.9. The maximum atomic E-state index is 8.83. The summed E-state index contributed by atoms with van der Waals surface area (Å²) in [6.07, 6.45) is 3.83. The first-order valence-corrected chi connectivity index (χ1v) is 11.5. The number of fused-ring (bicyclic) bond motifs is 2. The number of para-hydroxylation sites is 1. The Morgan fingerprint density at radius 2 is 1.62 bits per heavy atom. The Bertz CT molecular complexity index is 1290. The molecule has 3 N–H and O–H groups in total. The molecule has 0 atom stereocenters. The average molecular weight is 452 g/mol. The molecule has 1 aliphatic heterocycles. The van der Waals surface area contributed by atoms with Gasteiger partial charge in [0.15, 0.2) is 5.82 Å². The number of benzene rings is 3. The summed E-state index contributed by atoms with van der Waals surface area (Å²) in [7, 11) is 0. The Morgan fingerprint density at radius 3 is 2.29 bits per heavy atom. The SMILES string of the molecule is CCCc1ccc(C(=N)N2C(=N)c3ccccc3Nc3ncccc32)cc1.Cc1ccccc1.[HH].[HH]. The van der Waals surface area contributed by atoms with E-state index in [1.807, 2.05) is 66.7 Å². The first kappa shape index (κ1) is 22.9. The molecule has 0 spiro atoms. The second kappa shape index (κ2) is 10.6. The van der Waals surface area contributed by atoms with Crippen molar-refractivity contribution in [3.8, 4) is 0 Å². The highest BCUT2D eigenvalue weighted by molar-refractivity contribution is 6.30. The number of rotatable bonds is 3. The lowest BCUT2D eigenvalue weighted by atomic mass is 10.1. The van der Waals surface area contributed by atoms with E-state index in [9.17, 15) is 0 Å². The fraction of sp³-hybridized carbons (Fsp3) is 0.138. The number of nitrogens with zero attached hydrogens (tertiary/aromatic N) is 2. The topological polar surface area (TPSA) is 75.9 Å². The molecule has 5 nitrogen and oxygen atoms in total. The summed E-state index contributed by atoms with van der Waals surface area (Å²) in [6.45, 7) is 4.24. The van der Waals surface area contributed by atoms with Crippen LogP contribution < -0.4 is 10.2 Å². The Morgan fingerprint density at radius 1 is 0.912 bits per heavy atom. The number of hydrogen-bond donors (Lipinski definition) is 3. The molecule has 0 aliphatic carbocycles. The van der Waals surface area contributed by atoms with Crippen LogP contribution in [0.25, 0.3) is 0 Å². The second-order valence-electron chi connectivity index (χ2n) is 8.18. The maximum absolute atomic E-state index is 8.83. The van der Waals surface area contributed by atoms with E-state index in [2.05, 4.69) is 48.4 Å². The molecule has 34 heavy (non-hydrogen) atoms. The van der Waals surface area contributed by atoms with Crippen LogP contribution in [0.1, 0.15) is 38.5 Å². The summed E-state index contributed by atoms with van der Waals surface area (Å²) in [6, 6.07) is 29.7. The van der Waals surface area contributed by atoms with Gasteiger partial charge in [-0.15, -0.1) is 0 Å². The van der Waals surface area contributed by atoms with Gasteiger partial charge in [-0.25, -0.2) is 4.98 Å². The van der Waals surface area contributed by atoms with Crippen molar-refractivity contribution in [3.63, 3.8) is 0 Å². The van der Waals surface area contributed by atoms with Crippen molar-refractivity contribution in [2.24, 2.45) is 0 Å². The summed E-state index contributed by atoms with van der Waals surface area (Å²) in [4.78, 5) is 6.08. The number of hydrogen-bond acceptors (Lipinski definition) is 4. The number of amidine groups is 2. The fourth-order valence-corrected chi connectivity index (χ4v) is 3.85. The van der Waals surface area contributed by atoms with E-state index in [1.165, 1.54) is 11.1 Å². The zero-order chi connectivity index (χ0) is 23.9. The molecule has 5 heteroatoms. The fourth-order valence-electron chi connectivity index (χ4n) is 3.85. The van der Waals surface area contributed by atoms with E-state index in [4.69, 9.17) is 10.8 Å². The van der Waals surface area contributed by atoms with Crippen molar-refractivity contribution in [2.45, 2.75) is 26.7 Å². The van der Waals surface area contributed by atoms with Gasteiger partial charge in [-0.2, -0.15) is 0 Å². The van der Waals surface area contributed by atoms with Crippen LogP contribution >= 0.6 is 0 Å². The van der Waals surface area contributed by atoms with E-state index in [1.54, 1.807) is 11.1 Å². The average Bonchev–Trinajstić information content (AvgIpc) is 2.99. The van der Waals surface area contributed by atoms with Gasteiger partial charge in [0, 0.05) is 20.2 Å². The molecule has 1 aliphatic rings. The Balaban J connectivity index is 0.000000441. The van der Waals surface area contributed by atoms with Gasteiger partial charge in [0.25, 0.3) is 0 Å². The highest BCUT2D eigenvalue weighted by atomic mass is 15.2. The van der Waals surface area contributed by atoms with E-state index in [0.29, 0.717) is 11.5 Å². The molecule has 0 unspecified atom stereocenters. The Hall–Kier alpha value is -4.25. The van der Waals surface area contributed by atoms with Crippen molar-refractivity contribution in [3.05, 3.63) is 119 Å². The van der Waals surface area contributed by atoms with Gasteiger partial charge in [0.1, 0.15) is 11.7 Å².